The highest BCUT2D eigenvalue weighted by molar-refractivity contribution is 7.18. The second-order valence-corrected chi connectivity index (χ2v) is 4.94. The van der Waals surface area contributed by atoms with Crippen molar-refractivity contribution < 1.29 is 0 Å². The van der Waals surface area contributed by atoms with Crippen LogP contribution in [0.25, 0.3) is 5.65 Å². The van der Waals surface area contributed by atoms with Crippen LogP contribution in [0.5, 0.6) is 0 Å². The Hall–Kier alpha value is -2.15. The molecule has 3 heterocycles. The van der Waals surface area contributed by atoms with E-state index in [2.05, 4.69) is 19.6 Å². The van der Waals surface area contributed by atoms with E-state index in [9.17, 15) is 0 Å². The van der Waals surface area contributed by atoms with Gasteiger partial charge >= 0.3 is 0 Å². The molecule has 0 aliphatic rings. The van der Waals surface area contributed by atoms with E-state index in [1.807, 2.05) is 42.5 Å². The lowest BCUT2D eigenvalue weighted by molar-refractivity contribution is 0.853. The summed E-state index contributed by atoms with van der Waals surface area (Å²) in [5.41, 5.74) is 7.62. The van der Waals surface area contributed by atoms with Crippen molar-refractivity contribution in [3.63, 3.8) is 0 Å². The summed E-state index contributed by atoms with van der Waals surface area (Å²) in [6, 6.07) is 5.94. The number of nitrogens with zero attached hydrogens (tertiary/aromatic N) is 5. The molecule has 3 aromatic heterocycles. The Morgan fingerprint density at radius 2 is 2.28 bits per heavy atom. The number of imidazole rings is 1. The molecule has 6 nitrogen and oxygen atoms in total. The van der Waals surface area contributed by atoms with E-state index in [0.29, 0.717) is 11.7 Å². The fourth-order valence-electron chi connectivity index (χ4n) is 1.79. The molecule has 0 fully saturated rings. The van der Waals surface area contributed by atoms with Crippen LogP contribution < -0.4 is 10.6 Å². The predicted molar refractivity (Wildman–Crippen MR) is 71.6 cm³/mol. The molecular weight excluding hydrogens is 248 g/mol. The van der Waals surface area contributed by atoms with Crippen molar-refractivity contribution >= 4 is 27.2 Å². The number of pyridine rings is 1. The van der Waals surface area contributed by atoms with Crippen molar-refractivity contribution in [3.05, 3.63) is 36.3 Å². The second-order valence-electron chi connectivity index (χ2n) is 3.96. The van der Waals surface area contributed by atoms with Gasteiger partial charge in [0.25, 0.3) is 0 Å². The highest BCUT2D eigenvalue weighted by Crippen LogP contribution is 2.22. The van der Waals surface area contributed by atoms with Gasteiger partial charge in [0.15, 0.2) is 0 Å². The lowest BCUT2D eigenvalue weighted by Gasteiger charge is -2.14. The normalized spacial score (nSPS) is 10.9. The van der Waals surface area contributed by atoms with Gasteiger partial charge < -0.3 is 15.0 Å². The smallest absolute Gasteiger partial charge is 0.210 e. The minimum absolute atomic E-state index is 0.481. The lowest BCUT2D eigenvalue weighted by atomic mass is 10.4. The maximum absolute atomic E-state index is 5.58. The summed E-state index contributed by atoms with van der Waals surface area (Å²) in [7, 11) is 1.96. The summed E-state index contributed by atoms with van der Waals surface area (Å²) in [5.74, 6) is 0. The predicted octanol–water partition coefficient (Wildman–Crippen LogP) is 1.40. The first kappa shape index (κ1) is 11.0. The van der Waals surface area contributed by atoms with Crippen LogP contribution in [-0.4, -0.2) is 26.6 Å². The minimum atomic E-state index is 0.481. The molecule has 18 heavy (non-hydrogen) atoms. The Morgan fingerprint density at radius 3 is 3.06 bits per heavy atom. The van der Waals surface area contributed by atoms with Crippen LogP contribution in [-0.2, 0) is 6.54 Å². The number of hydrogen-bond acceptors (Lipinski definition) is 6. The van der Waals surface area contributed by atoms with Crippen LogP contribution >= 0.6 is 11.3 Å². The summed E-state index contributed by atoms with van der Waals surface area (Å²) in [5, 5.41) is 9.11. The van der Waals surface area contributed by atoms with Gasteiger partial charge in [-0.25, -0.2) is 4.98 Å². The fraction of sp³-hybridized carbons (Fsp3) is 0.182. The van der Waals surface area contributed by atoms with E-state index >= 15 is 0 Å². The number of nitrogens with two attached hydrogens (primary N) is 1. The molecule has 3 rings (SSSR count). The van der Waals surface area contributed by atoms with E-state index in [-0.39, 0.29) is 0 Å². The lowest BCUT2D eigenvalue weighted by Crippen LogP contribution is -2.17. The third-order valence-electron chi connectivity index (χ3n) is 2.65. The SMILES string of the molecule is CN(Cc1cnc2ccccn12)c1nnc(N)s1. The summed E-state index contributed by atoms with van der Waals surface area (Å²) in [4.78, 5) is 6.35. The zero-order valence-corrected chi connectivity index (χ0v) is 10.6. The van der Waals surface area contributed by atoms with Gasteiger partial charge in [-0.1, -0.05) is 17.4 Å². The molecule has 0 radical (unpaired) electrons. The summed E-state index contributed by atoms with van der Waals surface area (Å²) in [6.07, 6.45) is 3.87. The van der Waals surface area contributed by atoms with Crippen LogP contribution in [0, 0.1) is 0 Å². The van der Waals surface area contributed by atoms with Gasteiger partial charge in [0.05, 0.1) is 18.4 Å². The maximum atomic E-state index is 5.58. The van der Waals surface area contributed by atoms with Gasteiger partial charge in [-0.3, -0.25) is 0 Å². The number of nitrogen functional groups attached to an aromatic ring is 1. The van der Waals surface area contributed by atoms with E-state index in [0.717, 1.165) is 16.5 Å². The highest BCUT2D eigenvalue weighted by Gasteiger charge is 2.10. The number of anilines is 2. The molecule has 0 aliphatic carbocycles. The first-order valence-electron chi connectivity index (χ1n) is 5.45. The first-order valence-corrected chi connectivity index (χ1v) is 6.27. The van der Waals surface area contributed by atoms with Crippen molar-refractivity contribution in [1.29, 1.82) is 0 Å². The molecule has 0 aliphatic heterocycles. The Morgan fingerprint density at radius 1 is 1.39 bits per heavy atom. The molecule has 7 heteroatoms. The summed E-state index contributed by atoms with van der Waals surface area (Å²) >= 11 is 1.37. The van der Waals surface area contributed by atoms with Crippen molar-refractivity contribution in [3.8, 4) is 0 Å². The fourth-order valence-corrected chi connectivity index (χ4v) is 2.36. The van der Waals surface area contributed by atoms with Gasteiger partial charge in [0.1, 0.15) is 5.65 Å². The van der Waals surface area contributed by atoms with Crippen LogP contribution in [0.3, 0.4) is 0 Å². The van der Waals surface area contributed by atoms with Gasteiger partial charge in [-0.05, 0) is 12.1 Å². The Balaban J connectivity index is 1.88. The Bertz CT molecular complexity index is 673. The van der Waals surface area contributed by atoms with Crippen LogP contribution in [0.4, 0.5) is 10.3 Å². The molecule has 0 spiro atoms. The zero-order chi connectivity index (χ0) is 12.5. The quantitative estimate of drug-likeness (QED) is 0.770. The van der Waals surface area contributed by atoms with Crippen molar-refractivity contribution in [2.45, 2.75) is 6.54 Å². The molecule has 0 unspecified atom stereocenters. The Labute approximate surface area is 108 Å². The first-order chi connectivity index (χ1) is 8.74. The molecule has 0 saturated heterocycles. The standard InChI is InChI=1S/C11H12N6S/c1-16(11-15-14-10(12)18-11)7-8-6-13-9-4-2-3-5-17(8)9/h2-6H,7H2,1H3,(H2,12,14). The van der Waals surface area contributed by atoms with Gasteiger partial charge in [-0.2, -0.15) is 0 Å². The van der Waals surface area contributed by atoms with Gasteiger partial charge in [0.2, 0.25) is 10.3 Å². The zero-order valence-electron chi connectivity index (χ0n) is 9.82. The molecule has 0 bridgehead atoms. The minimum Gasteiger partial charge on any atom is -0.374 e. The molecule has 92 valence electrons. The van der Waals surface area contributed by atoms with Crippen LogP contribution in [0.2, 0.25) is 0 Å². The molecule has 0 aromatic carbocycles. The molecule has 2 N–H and O–H groups in total. The largest absolute Gasteiger partial charge is 0.374 e. The van der Waals surface area contributed by atoms with Crippen LogP contribution in [0.15, 0.2) is 30.6 Å². The average molecular weight is 260 g/mol. The van der Waals surface area contributed by atoms with E-state index < -0.39 is 0 Å². The van der Waals surface area contributed by atoms with Crippen molar-refractivity contribution in [2.75, 3.05) is 17.7 Å². The van der Waals surface area contributed by atoms with E-state index in [4.69, 9.17) is 5.73 Å². The van der Waals surface area contributed by atoms with Gasteiger partial charge in [-0.15, -0.1) is 10.2 Å². The molecule has 0 amide bonds. The van der Waals surface area contributed by atoms with Crippen LogP contribution in [0.1, 0.15) is 5.69 Å². The van der Waals surface area contributed by atoms with Gasteiger partial charge in [0, 0.05) is 13.2 Å². The molecule has 0 saturated carbocycles. The third-order valence-corrected chi connectivity index (χ3v) is 3.52. The monoisotopic (exact) mass is 260 g/mol. The second kappa shape index (κ2) is 4.26. The molecular formula is C11H12N6S. The number of fused-ring (bicyclic) bond motifs is 1. The number of aromatic nitrogens is 4. The molecule has 3 aromatic rings. The number of hydrogen-bond donors (Lipinski definition) is 1. The maximum Gasteiger partial charge on any atom is 0.210 e. The summed E-state index contributed by atoms with van der Waals surface area (Å²) in [6.45, 7) is 0.708. The van der Waals surface area contributed by atoms with E-state index in [1.165, 1.54) is 11.3 Å². The Kier molecular flexibility index (Phi) is 2.60. The van der Waals surface area contributed by atoms with E-state index in [1.54, 1.807) is 0 Å². The topological polar surface area (TPSA) is 72.3 Å². The third kappa shape index (κ3) is 1.88. The highest BCUT2D eigenvalue weighted by atomic mass is 32.1. The van der Waals surface area contributed by atoms with Crippen molar-refractivity contribution in [2.24, 2.45) is 0 Å². The summed E-state index contributed by atoms with van der Waals surface area (Å²) < 4.78 is 2.06. The van der Waals surface area contributed by atoms with Crippen molar-refractivity contribution in [1.82, 2.24) is 19.6 Å². The average Bonchev–Trinajstić information content (AvgIpc) is 2.97. The number of rotatable bonds is 3. The molecule has 0 atom stereocenters.